The molecule has 0 bridgehead atoms. The van der Waals surface area contributed by atoms with Crippen molar-refractivity contribution in [3.63, 3.8) is 0 Å². The molecule has 0 aliphatic carbocycles. The van der Waals surface area contributed by atoms with Gasteiger partial charge in [-0.05, 0) is 67.9 Å². The number of aromatic nitrogens is 1. The van der Waals surface area contributed by atoms with Gasteiger partial charge in [-0.25, -0.2) is 13.4 Å². The van der Waals surface area contributed by atoms with Crippen molar-refractivity contribution in [3.8, 4) is 16.3 Å². The highest BCUT2D eigenvalue weighted by atomic mass is 32.2. The van der Waals surface area contributed by atoms with Crippen LogP contribution in [0.1, 0.15) is 19.4 Å². The van der Waals surface area contributed by atoms with Crippen molar-refractivity contribution in [2.24, 2.45) is 0 Å². The predicted octanol–water partition coefficient (Wildman–Crippen LogP) is 5.21. The number of rotatable bonds is 4. The van der Waals surface area contributed by atoms with E-state index < -0.39 is 10.0 Å². The smallest absolute Gasteiger partial charge is 0.261 e. The van der Waals surface area contributed by atoms with E-state index in [1.807, 2.05) is 50.2 Å². The Balaban J connectivity index is 1.44. The van der Waals surface area contributed by atoms with Gasteiger partial charge in [0, 0.05) is 12.5 Å². The predicted molar refractivity (Wildman–Crippen MR) is 135 cm³/mol. The Bertz CT molecular complexity index is 1500. The number of para-hydroxylation sites is 1. The Morgan fingerprint density at radius 1 is 1.15 bits per heavy atom. The summed E-state index contributed by atoms with van der Waals surface area (Å²) in [7, 11) is -3.89. The van der Waals surface area contributed by atoms with Crippen molar-refractivity contribution in [1.29, 1.82) is 0 Å². The molecule has 1 amide bonds. The van der Waals surface area contributed by atoms with E-state index in [-0.39, 0.29) is 16.9 Å². The number of thiazole rings is 1. The highest BCUT2D eigenvalue weighted by Gasteiger charge is 2.28. The van der Waals surface area contributed by atoms with E-state index in [1.54, 1.807) is 28.4 Å². The Kier molecular flexibility index (Phi) is 5.53. The summed E-state index contributed by atoms with van der Waals surface area (Å²) >= 11 is 1.60. The number of fused-ring (bicyclic) bond motifs is 2. The fraction of sp³-hybridized carbons (Fsp3) is 0.200. The molecule has 7 nitrogen and oxygen atoms in total. The quantitative estimate of drug-likeness (QED) is 0.422. The minimum atomic E-state index is -3.89. The lowest BCUT2D eigenvalue weighted by molar-refractivity contribution is -0.117. The number of carbonyl (C=O) groups is 1. The number of hydrogen-bond donors (Lipinski definition) is 1. The molecule has 4 aromatic rings. The van der Waals surface area contributed by atoms with Gasteiger partial charge < -0.3 is 9.64 Å². The SMILES string of the molecule is CC(=O)N1CC(C)Oc2ccc(S(=O)(=O)Nc3ccc(-c4nc5ccccc5s4)cc3C)cc21. The Morgan fingerprint density at radius 3 is 2.68 bits per heavy atom. The fourth-order valence-electron chi connectivity index (χ4n) is 3.99. The van der Waals surface area contributed by atoms with E-state index in [0.29, 0.717) is 23.7 Å². The maximum absolute atomic E-state index is 13.2. The summed E-state index contributed by atoms with van der Waals surface area (Å²) in [5, 5.41) is 0.881. The van der Waals surface area contributed by atoms with Crippen LogP contribution in [0.5, 0.6) is 5.75 Å². The van der Waals surface area contributed by atoms with Crippen LogP contribution in [0.4, 0.5) is 11.4 Å². The van der Waals surface area contributed by atoms with Crippen LogP contribution in [-0.2, 0) is 14.8 Å². The van der Waals surface area contributed by atoms with Gasteiger partial charge in [-0.2, -0.15) is 0 Å². The van der Waals surface area contributed by atoms with Crippen LogP contribution in [0.3, 0.4) is 0 Å². The number of benzene rings is 3. The first-order valence-corrected chi connectivity index (χ1v) is 13.1. The maximum Gasteiger partial charge on any atom is 0.261 e. The average molecular weight is 494 g/mol. The lowest BCUT2D eigenvalue weighted by atomic mass is 10.1. The Labute approximate surface area is 202 Å². The van der Waals surface area contributed by atoms with Crippen molar-refractivity contribution in [2.75, 3.05) is 16.2 Å². The van der Waals surface area contributed by atoms with Crippen molar-refractivity contribution in [1.82, 2.24) is 4.98 Å². The molecule has 1 N–H and O–H groups in total. The molecule has 1 aromatic heterocycles. The molecule has 0 spiro atoms. The molecule has 0 fully saturated rings. The summed E-state index contributed by atoms with van der Waals surface area (Å²) in [6, 6.07) is 18.0. The van der Waals surface area contributed by atoms with Gasteiger partial charge in [-0.1, -0.05) is 12.1 Å². The van der Waals surface area contributed by atoms with Crippen molar-refractivity contribution in [2.45, 2.75) is 31.8 Å². The van der Waals surface area contributed by atoms with Gasteiger partial charge in [-0.15, -0.1) is 11.3 Å². The molecule has 0 saturated heterocycles. The second-order valence-corrected chi connectivity index (χ2v) is 11.0. The summed E-state index contributed by atoms with van der Waals surface area (Å²) < 4.78 is 35.9. The van der Waals surface area contributed by atoms with E-state index in [9.17, 15) is 13.2 Å². The first-order valence-electron chi connectivity index (χ1n) is 10.8. The van der Waals surface area contributed by atoms with Crippen LogP contribution in [0, 0.1) is 6.92 Å². The number of carbonyl (C=O) groups excluding carboxylic acids is 1. The zero-order valence-electron chi connectivity index (χ0n) is 18.9. The van der Waals surface area contributed by atoms with Crippen LogP contribution >= 0.6 is 11.3 Å². The lowest BCUT2D eigenvalue weighted by Crippen LogP contribution is -2.41. The second kappa shape index (κ2) is 8.41. The van der Waals surface area contributed by atoms with Crippen LogP contribution in [-0.4, -0.2) is 32.0 Å². The summed E-state index contributed by atoms with van der Waals surface area (Å²) in [6.45, 7) is 5.54. The molecular weight excluding hydrogens is 470 g/mol. The molecule has 2 heterocycles. The maximum atomic E-state index is 13.2. The first-order chi connectivity index (χ1) is 16.2. The van der Waals surface area contributed by atoms with Crippen LogP contribution in [0.25, 0.3) is 20.8 Å². The van der Waals surface area contributed by atoms with E-state index in [2.05, 4.69) is 9.71 Å². The number of nitrogens with one attached hydrogen (secondary N) is 1. The lowest BCUT2D eigenvalue weighted by Gasteiger charge is -2.33. The molecule has 1 unspecified atom stereocenters. The molecule has 1 aliphatic rings. The molecule has 174 valence electrons. The number of sulfonamides is 1. The molecule has 0 saturated carbocycles. The molecule has 5 rings (SSSR count). The van der Waals surface area contributed by atoms with Crippen molar-refractivity contribution < 1.29 is 17.9 Å². The van der Waals surface area contributed by atoms with Gasteiger partial charge >= 0.3 is 0 Å². The van der Waals surface area contributed by atoms with Gasteiger partial charge in [0.15, 0.2) is 0 Å². The summed E-state index contributed by atoms with van der Waals surface area (Å²) in [4.78, 5) is 18.4. The molecule has 0 radical (unpaired) electrons. The topological polar surface area (TPSA) is 88.6 Å². The minimum Gasteiger partial charge on any atom is -0.487 e. The molecule has 1 atom stereocenters. The fourth-order valence-corrected chi connectivity index (χ4v) is 6.11. The number of aryl methyl sites for hydroxylation is 1. The van der Waals surface area contributed by atoms with Gasteiger partial charge in [0.2, 0.25) is 5.91 Å². The summed E-state index contributed by atoms with van der Waals surface area (Å²) in [5.41, 5.74) is 3.59. The number of nitrogens with zero attached hydrogens (tertiary/aromatic N) is 2. The van der Waals surface area contributed by atoms with E-state index in [0.717, 1.165) is 26.4 Å². The largest absolute Gasteiger partial charge is 0.487 e. The molecule has 9 heteroatoms. The Morgan fingerprint density at radius 2 is 1.94 bits per heavy atom. The van der Waals surface area contributed by atoms with E-state index in [4.69, 9.17) is 4.74 Å². The zero-order valence-corrected chi connectivity index (χ0v) is 20.5. The van der Waals surface area contributed by atoms with E-state index >= 15 is 0 Å². The van der Waals surface area contributed by atoms with Gasteiger partial charge in [0.1, 0.15) is 16.9 Å². The van der Waals surface area contributed by atoms with Crippen molar-refractivity contribution in [3.05, 3.63) is 66.2 Å². The third-order valence-electron chi connectivity index (χ3n) is 5.69. The average Bonchev–Trinajstić information content (AvgIpc) is 3.23. The number of amides is 1. The highest BCUT2D eigenvalue weighted by molar-refractivity contribution is 7.92. The number of anilines is 2. The first kappa shape index (κ1) is 22.4. The van der Waals surface area contributed by atoms with Crippen molar-refractivity contribution >= 4 is 48.9 Å². The van der Waals surface area contributed by atoms with Crippen LogP contribution < -0.4 is 14.4 Å². The number of ether oxygens (including phenoxy) is 1. The third-order valence-corrected chi connectivity index (χ3v) is 8.14. The summed E-state index contributed by atoms with van der Waals surface area (Å²) in [5.74, 6) is 0.324. The normalized spacial score (nSPS) is 15.6. The number of hydrogen-bond acceptors (Lipinski definition) is 6. The van der Waals surface area contributed by atoms with Crippen LogP contribution in [0.2, 0.25) is 0 Å². The second-order valence-electron chi connectivity index (χ2n) is 8.31. The summed E-state index contributed by atoms with van der Waals surface area (Å²) in [6.07, 6.45) is -0.173. The molecule has 34 heavy (non-hydrogen) atoms. The Hall–Kier alpha value is -3.43. The standard InChI is InChI=1S/C25H23N3O4S2/c1-15-12-18(25-26-21-6-4-5-7-24(21)33-25)8-10-20(15)27-34(30,31)19-9-11-23-22(13-19)28(17(3)29)14-16(2)32-23/h4-13,16,27H,14H2,1-3H3. The van der Waals surface area contributed by atoms with Gasteiger partial charge in [0.05, 0.1) is 33.0 Å². The zero-order chi connectivity index (χ0) is 24.0. The van der Waals surface area contributed by atoms with Gasteiger partial charge in [0.25, 0.3) is 10.0 Å². The molecule has 1 aliphatic heterocycles. The monoisotopic (exact) mass is 493 g/mol. The minimum absolute atomic E-state index is 0.0605. The highest BCUT2D eigenvalue weighted by Crippen LogP contribution is 2.37. The third kappa shape index (κ3) is 4.12. The van der Waals surface area contributed by atoms with E-state index in [1.165, 1.54) is 19.1 Å². The molecular formula is C25H23N3O4S2. The van der Waals surface area contributed by atoms with Crippen LogP contribution in [0.15, 0.2) is 65.6 Å². The molecule has 3 aromatic carbocycles. The van der Waals surface area contributed by atoms with Gasteiger partial charge in [-0.3, -0.25) is 9.52 Å².